The molecule has 0 spiro atoms. The van der Waals surface area contributed by atoms with Crippen LogP contribution in [0.4, 0.5) is 0 Å². The van der Waals surface area contributed by atoms with E-state index in [0.717, 1.165) is 0 Å². The predicted octanol–water partition coefficient (Wildman–Crippen LogP) is -1.50. The van der Waals surface area contributed by atoms with Crippen molar-refractivity contribution in [3.63, 3.8) is 0 Å². The third-order valence-electron chi connectivity index (χ3n) is 0. The van der Waals surface area contributed by atoms with E-state index in [-0.39, 0.29) is 67.1 Å². The Morgan fingerprint density at radius 3 is 1.14 bits per heavy atom. The Morgan fingerprint density at radius 1 is 1.14 bits per heavy atom. The van der Waals surface area contributed by atoms with Crippen LogP contribution in [-0.2, 0) is 78.0 Å². The summed E-state index contributed by atoms with van der Waals surface area (Å²) in [6.45, 7) is 0. The third-order valence-corrected chi connectivity index (χ3v) is 0. The van der Waals surface area contributed by atoms with Crippen LogP contribution in [-0.4, -0.2) is 22.4 Å². The third kappa shape index (κ3) is 48.4. The first-order valence-electron chi connectivity index (χ1n) is 0.583. The van der Waals surface area contributed by atoms with Gasteiger partial charge in [0.25, 0.3) is 0 Å². The minimum absolute atomic E-state index is 0. The topological polar surface area (TPSA) is 40.5 Å². The van der Waals surface area contributed by atoms with Gasteiger partial charge in [-0.2, -0.15) is 0 Å². The molecule has 0 aromatic rings. The van der Waals surface area contributed by atoms with E-state index >= 15 is 0 Å². The second-order valence-corrected chi connectivity index (χ2v) is 3.01. The maximum atomic E-state index is 7.57. The zero-order chi connectivity index (χ0) is 3.58. The molecule has 2 radical (unpaired) electrons. The second-order valence-electron chi connectivity index (χ2n) is 0.253. The predicted molar refractivity (Wildman–Crippen MR) is 17.6 cm³/mol. The van der Waals surface area contributed by atoms with Gasteiger partial charge in [-0.05, 0) is 0 Å². The molecule has 0 saturated heterocycles. The Morgan fingerprint density at radius 2 is 1.14 bits per heavy atom. The summed E-state index contributed by atoms with van der Waals surface area (Å²) in [5.41, 5.74) is 0. The van der Waals surface area contributed by atoms with Crippen molar-refractivity contribution in [2.75, 3.05) is 0 Å². The number of rotatable bonds is 0. The van der Waals surface area contributed by atoms with Crippen LogP contribution in [0.2, 0.25) is 0 Å². The molecule has 7 heteroatoms. The average molecular weight is 465 g/mol. The Hall–Kier alpha value is 3.05. The van der Waals surface area contributed by atoms with Gasteiger partial charge < -0.3 is 0 Å². The van der Waals surface area contributed by atoms with E-state index in [9.17, 15) is 0 Å². The van der Waals surface area contributed by atoms with Gasteiger partial charge in [-0.15, -0.1) is 0 Å². The summed E-state index contributed by atoms with van der Waals surface area (Å²) in [4.78, 5) is 0. The Labute approximate surface area is 98.7 Å². The fourth-order valence-corrected chi connectivity index (χ4v) is 0. The molecule has 0 bridgehead atoms. The molecule has 2 nitrogen and oxygen atoms in total. The van der Waals surface area contributed by atoms with Crippen LogP contribution in [0, 0.1) is 0 Å². The van der Waals surface area contributed by atoms with Gasteiger partial charge in [-0.3, -0.25) is 0 Å². The van der Waals surface area contributed by atoms with Gasteiger partial charge in [0.15, 0.2) is 0 Å². The van der Waals surface area contributed by atoms with Crippen molar-refractivity contribution in [2.45, 2.75) is 0 Å². The van der Waals surface area contributed by atoms with Crippen molar-refractivity contribution >= 4 is 25.1 Å². The molecule has 0 saturated carbocycles. The van der Waals surface area contributed by atoms with Gasteiger partial charge in [0, 0.05) is 44.8 Å². The van der Waals surface area contributed by atoms with Crippen LogP contribution < -0.4 is 0 Å². The van der Waals surface area contributed by atoms with Crippen LogP contribution in [0.25, 0.3) is 0 Å². The molecule has 7 heavy (non-hydrogen) atoms. The van der Waals surface area contributed by atoms with Crippen molar-refractivity contribution in [3.05, 3.63) is 0 Å². The van der Waals surface area contributed by atoms with Crippen LogP contribution in [0.15, 0.2) is 0 Å². The smallest absolute Gasteiger partial charge is 0 e. The van der Waals surface area contributed by atoms with Gasteiger partial charge in [0.1, 0.15) is 0 Å². The Kier molecular flexibility index (Phi) is 51.5. The molecule has 0 heterocycles. The molecular formula is H2Ag3AsO2S. The van der Waals surface area contributed by atoms with Gasteiger partial charge >= 0.3 is 55.6 Å². The first-order valence-corrected chi connectivity index (χ1v) is 4.92. The van der Waals surface area contributed by atoms with E-state index in [4.69, 9.17) is 8.19 Å². The van der Waals surface area contributed by atoms with Gasteiger partial charge in [0.05, 0.1) is 0 Å². The Bertz CT molecular complexity index is 17.7. The molecule has 0 fully saturated rings. The number of hydrogen-bond acceptors (Lipinski definition) is 3. The van der Waals surface area contributed by atoms with Crippen molar-refractivity contribution < 1.29 is 75.3 Å². The maximum absolute atomic E-state index is 7.57. The van der Waals surface area contributed by atoms with Crippen molar-refractivity contribution in [1.29, 1.82) is 0 Å². The molecule has 0 unspecified atom stereocenters. The van der Waals surface area contributed by atoms with E-state index in [2.05, 4.69) is 10.9 Å². The fourth-order valence-electron chi connectivity index (χ4n) is 0. The van der Waals surface area contributed by atoms with Gasteiger partial charge in [0.2, 0.25) is 0 Å². The van der Waals surface area contributed by atoms with E-state index < -0.39 is 14.2 Å². The van der Waals surface area contributed by atoms with Crippen LogP contribution in [0.1, 0.15) is 0 Å². The SMILES string of the molecule is O[As](O)[S-].[Ag+].[Ag].[Ag]. The normalized spacial score (nSPS) is 5.14. The minimum Gasteiger partial charge on any atom is 0 e. The molecule has 0 amide bonds. The molecule has 0 aliphatic heterocycles. The molecule has 0 atom stereocenters. The van der Waals surface area contributed by atoms with E-state index in [1.54, 1.807) is 0 Å². The molecule has 0 aromatic heterocycles. The van der Waals surface area contributed by atoms with Gasteiger partial charge in [-0.25, -0.2) is 0 Å². The van der Waals surface area contributed by atoms with E-state index in [1.807, 2.05) is 0 Å². The standard InChI is InChI=1S/3Ag.AsH2O2S/c;;;2-1(3)4/h;;;2-3H/q;;+1;-1. The van der Waals surface area contributed by atoms with Crippen LogP contribution in [0.3, 0.4) is 0 Å². The molecule has 0 rings (SSSR count). The van der Waals surface area contributed by atoms with Crippen molar-refractivity contribution in [1.82, 2.24) is 0 Å². The largest absolute Gasteiger partial charge is 1.00 e. The zero-order valence-corrected chi connectivity index (χ0v) is 9.79. The van der Waals surface area contributed by atoms with Crippen molar-refractivity contribution in [2.24, 2.45) is 0 Å². The summed E-state index contributed by atoms with van der Waals surface area (Å²) in [5.74, 6) is 0. The van der Waals surface area contributed by atoms with E-state index in [0.29, 0.717) is 0 Å². The average Bonchev–Trinajstić information content (AvgIpc) is 0.811. The molecule has 58 valence electrons. The summed E-state index contributed by atoms with van der Waals surface area (Å²) in [6.07, 6.45) is 0. The summed E-state index contributed by atoms with van der Waals surface area (Å²) < 4.78 is 15.1. The molecule has 2 N–H and O–H groups in total. The molecular weight excluding hydrogens is 463 g/mol. The Balaban J connectivity index is -0.0000000150. The molecule has 0 aromatic carbocycles. The first-order chi connectivity index (χ1) is 1.73. The summed E-state index contributed by atoms with van der Waals surface area (Å²) in [6, 6.07) is 0. The summed E-state index contributed by atoms with van der Waals surface area (Å²) >= 11 is -2.60. The quantitative estimate of drug-likeness (QED) is 0.339. The van der Waals surface area contributed by atoms with Crippen LogP contribution in [0.5, 0.6) is 0 Å². The van der Waals surface area contributed by atoms with Gasteiger partial charge in [-0.1, -0.05) is 0 Å². The minimum atomic E-state index is -2.60. The van der Waals surface area contributed by atoms with E-state index in [1.165, 1.54) is 0 Å². The zero-order valence-electron chi connectivity index (χ0n) is 2.65. The number of hydrogen-bond donors (Lipinski definition) is 2. The fraction of sp³-hybridized carbons (Fsp3) is 0. The maximum Gasteiger partial charge on any atom is 1.00 e. The molecule has 0 aliphatic rings. The summed E-state index contributed by atoms with van der Waals surface area (Å²) in [7, 11) is 3.88. The van der Waals surface area contributed by atoms with Crippen molar-refractivity contribution in [3.8, 4) is 0 Å². The molecule has 0 aliphatic carbocycles. The van der Waals surface area contributed by atoms with Crippen LogP contribution >= 0.6 is 0 Å². The summed E-state index contributed by atoms with van der Waals surface area (Å²) in [5, 5.41) is 0. The first kappa shape index (κ1) is 22.5. The monoisotopic (exact) mass is 462 g/mol. The second kappa shape index (κ2) is 16.0.